The van der Waals surface area contributed by atoms with Crippen molar-refractivity contribution in [3.63, 3.8) is 0 Å². The van der Waals surface area contributed by atoms with E-state index in [1.165, 1.54) is 0 Å². The lowest BCUT2D eigenvalue weighted by atomic mass is 10.2. The van der Waals surface area contributed by atoms with Crippen molar-refractivity contribution >= 4 is 23.2 Å². The van der Waals surface area contributed by atoms with Crippen LogP contribution in [0.5, 0.6) is 5.75 Å². The molecule has 0 unspecified atom stereocenters. The number of benzene rings is 1. The van der Waals surface area contributed by atoms with E-state index in [9.17, 15) is 9.59 Å². The van der Waals surface area contributed by atoms with Gasteiger partial charge in [0.2, 0.25) is 5.91 Å². The van der Waals surface area contributed by atoms with Crippen LogP contribution in [0.1, 0.15) is 0 Å². The first-order valence-electron chi connectivity index (χ1n) is 4.74. The third-order valence-electron chi connectivity index (χ3n) is 2.08. The van der Waals surface area contributed by atoms with Crippen molar-refractivity contribution in [3.05, 3.63) is 18.2 Å². The molecule has 2 amide bonds. The standard InChI is InChI=1S/C10H11N3O3/c11-9(14)4-12-6-1-2-8-7(3-6)13-10(15)5-16-8/h1-3,12H,4-5H2,(H2,11,14)(H,13,15). The molecule has 4 N–H and O–H groups in total. The van der Waals surface area contributed by atoms with E-state index in [1.807, 2.05) is 0 Å². The number of rotatable bonds is 3. The molecule has 1 aromatic rings. The van der Waals surface area contributed by atoms with E-state index in [0.717, 1.165) is 0 Å². The van der Waals surface area contributed by atoms with Crippen molar-refractivity contribution in [1.29, 1.82) is 0 Å². The van der Waals surface area contributed by atoms with Gasteiger partial charge in [-0.15, -0.1) is 0 Å². The number of carbonyl (C=O) groups excluding carboxylic acids is 2. The predicted octanol–water partition coefficient (Wildman–Crippen LogP) is -0.0853. The van der Waals surface area contributed by atoms with Crippen LogP contribution >= 0.6 is 0 Å². The number of amides is 2. The van der Waals surface area contributed by atoms with E-state index in [4.69, 9.17) is 10.5 Å². The zero-order valence-corrected chi connectivity index (χ0v) is 8.45. The lowest BCUT2D eigenvalue weighted by molar-refractivity contribution is -0.118. The zero-order valence-electron chi connectivity index (χ0n) is 8.45. The third-order valence-corrected chi connectivity index (χ3v) is 2.08. The Morgan fingerprint density at radius 2 is 2.38 bits per heavy atom. The molecule has 0 atom stereocenters. The number of carbonyl (C=O) groups is 2. The molecule has 0 saturated heterocycles. The highest BCUT2D eigenvalue weighted by atomic mass is 16.5. The number of ether oxygens (including phenoxy) is 1. The van der Waals surface area contributed by atoms with Crippen molar-refractivity contribution in [2.24, 2.45) is 5.73 Å². The first-order valence-corrected chi connectivity index (χ1v) is 4.74. The summed E-state index contributed by atoms with van der Waals surface area (Å²) in [5.41, 5.74) is 6.29. The smallest absolute Gasteiger partial charge is 0.262 e. The van der Waals surface area contributed by atoms with Crippen LogP contribution in [-0.2, 0) is 9.59 Å². The highest BCUT2D eigenvalue weighted by molar-refractivity contribution is 5.96. The predicted molar refractivity (Wildman–Crippen MR) is 58.3 cm³/mol. The number of primary amides is 1. The summed E-state index contributed by atoms with van der Waals surface area (Å²) in [6, 6.07) is 5.16. The Morgan fingerprint density at radius 1 is 1.56 bits per heavy atom. The Balaban J connectivity index is 2.14. The van der Waals surface area contributed by atoms with E-state index in [2.05, 4.69) is 10.6 Å². The number of hydrogen-bond acceptors (Lipinski definition) is 4. The quantitative estimate of drug-likeness (QED) is 0.665. The topological polar surface area (TPSA) is 93.5 Å². The van der Waals surface area contributed by atoms with Gasteiger partial charge in [-0.3, -0.25) is 9.59 Å². The van der Waals surface area contributed by atoms with Gasteiger partial charge in [0.05, 0.1) is 12.2 Å². The van der Waals surface area contributed by atoms with Crippen LogP contribution in [0.25, 0.3) is 0 Å². The minimum Gasteiger partial charge on any atom is -0.482 e. The molecule has 1 aliphatic heterocycles. The van der Waals surface area contributed by atoms with E-state index in [0.29, 0.717) is 17.1 Å². The first kappa shape index (κ1) is 10.3. The summed E-state index contributed by atoms with van der Waals surface area (Å²) in [4.78, 5) is 21.7. The van der Waals surface area contributed by atoms with Crippen molar-refractivity contribution in [1.82, 2.24) is 0 Å². The lowest BCUT2D eigenvalue weighted by Crippen LogP contribution is -2.25. The molecule has 0 spiro atoms. The largest absolute Gasteiger partial charge is 0.482 e. The lowest BCUT2D eigenvalue weighted by Gasteiger charge is -2.18. The van der Waals surface area contributed by atoms with Crippen LogP contribution in [-0.4, -0.2) is 25.0 Å². The van der Waals surface area contributed by atoms with Crippen LogP contribution in [0, 0.1) is 0 Å². The molecule has 0 fully saturated rings. The number of fused-ring (bicyclic) bond motifs is 1. The molecule has 6 nitrogen and oxygen atoms in total. The van der Waals surface area contributed by atoms with Gasteiger partial charge in [0.25, 0.3) is 5.91 Å². The summed E-state index contributed by atoms with van der Waals surface area (Å²) in [5.74, 6) is -0.0261. The number of anilines is 2. The fourth-order valence-electron chi connectivity index (χ4n) is 1.38. The van der Waals surface area contributed by atoms with Crippen LogP contribution < -0.4 is 21.1 Å². The average molecular weight is 221 g/mol. The van der Waals surface area contributed by atoms with Crippen LogP contribution in [0.2, 0.25) is 0 Å². The first-order chi connectivity index (χ1) is 7.65. The molecule has 6 heteroatoms. The van der Waals surface area contributed by atoms with Crippen molar-refractivity contribution in [2.75, 3.05) is 23.8 Å². The minimum absolute atomic E-state index is 0.0288. The summed E-state index contributed by atoms with van der Waals surface area (Å²) in [6.45, 7) is 0.0780. The molecular weight excluding hydrogens is 210 g/mol. The molecule has 1 aliphatic rings. The van der Waals surface area contributed by atoms with Gasteiger partial charge in [0, 0.05) is 5.69 Å². The molecule has 84 valence electrons. The van der Waals surface area contributed by atoms with E-state index in [-0.39, 0.29) is 19.1 Å². The highest BCUT2D eigenvalue weighted by Gasteiger charge is 2.15. The Bertz CT molecular complexity index is 445. The van der Waals surface area contributed by atoms with Crippen molar-refractivity contribution in [2.45, 2.75) is 0 Å². The van der Waals surface area contributed by atoms with Gasteiger partial charge in [-0.2, -0.15) is 0 Å². The summed E-state index contributed by atoms with van der Waals surface area (Å²) < 4.78 is 5.18. The number of hydrogen-bond donors (Lipinski definition) is 3. The molecule has 0 bridgehead atoms. The Labute approximate surface area is 91.8 Å². The SMILES string of the molecule is NC(=O)CNc1ccc2c(c1)NC(=O)CO2. The van der Waals surface area contributed by atoms with Gasteiger partial charge in [-0.1, -0.05) is 0 Å². The summed E-state index contributed by atoms with van der Waals surface area (Å²) in [5, 5.41) is 5.50. The summed E-state index contributed by atoms with van der Waals surface area (Å²) in [7, 11) is 0. The minimum atomic E-state index is -0.446. The molecule has 0 aromatic heterocycles. The fourth-order valence-corrected chi connectivity index (χ4v) is 1.38. The van der Waals surface area contributed by atoms with Crippen LogP contribution in [0.4, 0.5) is 11.4 Å². The van der Waals surface area contributed by atoms with Gasteiger partial charge in [-0.25, -0.2) is 0 Å². The van der Waals surface area contributed by atoms with Gasteiger partial charge in [0.1, 0.15) is 5.75 Å². The van der Waals surface area contributed by atoms with Crippen LogP contribution in [0.15, 0.2) is 18.2 Å². The van der Waals surface area contributed by atoms with Gasteiger partial charge in [0.15, 0.2) is 6.61 Å². The Morgan fingerprint density at radius 3 is 3.12 bits per heavy atom. The summed E-state index contributed by atoms with van der Waals surface area (Å²) >= 11 is 0. The zero-order chi connectivity index (χ0) is 11.5. The second-order valence-electron chi connectivity index (χ2n) is 3.37. The number of nitrogens with one attached hydrogen (secondary N) is 2. The molecule has 1 heterocycles. The monoisotopic (exact) mass is 221 g/mol. The molecule has 0 radical (unpaired) electrons. The average Bonchev–Trinajstić information content (AvgIpc) is 2.25. The van der Waals surface area contributed by atoms with Crippen molar-refractivity contribution in [3.8, 4) is 5.75 Å². The molecule has 1 aromatic carbocycles. The van der Waals surface area contributed by atoms with E-state index in [1.54, 1.807) is 18.2 Å². The maximum absolute atomic E-state index is 11.1. The highest BCUT2D eigenvalue weighted by Crippen LogP contribution is 2.30. The van der Waals surface area contributed by atoms with Gasteiger partial charge >= 0.3 is 0 Å². The normalized spacial score (nSPS) is 13.4. The molecule has 0 saturated carbocycles. The molecule has 2 rings (SSSR count). The third kappa shape index (κ3) is 2.22. The van der Waals surface area contributed by atoms with Gasteiger partial charge < -0.3 is 21.1 Å². The van der Waals surface area contributed by atoms with E-state index < -0.39 is 5.91 Å². The van der Waals surface area contributed by atoms with E-state index >= 15 is 0 Å². The molecule has 0 aliphatic carbocycles. The van der Waals surface area contributed by atoms with Gasteiger partial charge in [-0.05, 0) is 18.2 Å². The Kier molecular flexibility index (Phi) is 2.63. The van der Waals surface area contributed by atoms with Crippen LogP contribution in [0.3, 0.4) is 0 Å². The number of nitrogens with two attached hydrogens (primary N) is 1. The maximum atomic E-state index is 11.1. The second kappa shape index (κ2) is 4.09. The summed E-state index contributed by atoms with van der Waals surface area (Å²) in [6.07, 6.45) is 0. The second-order valence-corrected chi connectivity index (χ2v) is 3.37. The molecule has 16 heavy (non-hydrogen) atoms. The molecular formula is C10H11N3O3. The maximum Gasteiger partial charge on any atom is 0.262 e. The Hall–Kier alpha value is -2.24. The fraction of sp³-hybridized carbons (Fsp3) is 0.200. The van der Waals surface area contributed by atoms with Crippen molar-refractivity contribution < 1.29 is 14.3 Å².